The Morgan fingerprint density at radius 2 is 2.00 bits per heavy atom. The van der Waals surface area contributed by atoms with E-state index in [-0.39, 0.29) is 5.25 Å². The minimum Gasteiger partial charge on any atom is -0.353 e. The molecular formula is C17H18N4O2S2. The van der Waals surface area contributed by atoms with Crippen molar-refractivity contribution in [3.63, 3.8) is 0 Å². The summed E-state index contributed by atoms with van der Waals surface area (Å²) < 4.78 is 23.5. The van der Waals surface area contributed by atoms with Gasteiger partial charge in [0.05, 0.1) is 10.6 Å². The minimum atomic E-state index is -3.02. The number of rotatable bonds is 3. The first-order chi connectivity index (χ1) is 11.8. The number of hydrogen-bond acceptors (Lipinski definition) is 7. The highest BCUT2D eigenvalue weighted by Gasteiger charge is 2.36. The van der Waals surface area contributed by atoms with E-state index in [0.717, 1.165) is 27.2 Å². The van der Waals surface area contributed by atoms with Crippen LogP contribution in [0, 0.1) is 13.8 Å². The van der Waals surface area contributed by atoms with Gasteiger partial charge < -0.3 is 4.90 Å². The summed E-state index contributed by atoms with van der Waals surface area (Å²) >= 11 is 1.64. The zero-order chi connectivity index (χ0) is 17.8. The summed E-state index contributed by atoms with van der Waals surface area (Å²) in [6, 6.07) is 3.79. The second-order valence-electron chi connectivity index (χ2n) is 6.43. The number of nitrogens with zero attached hydrogens (tertiary/aromatic N) is 4. The molecule has 4 rings (SSSR count). The Labute approximate surface area is 150 Å². The zero-order valence-electron chi connectivity index (χ0n) is 14.2. The predicted octanol–water partition coefficient (Wildman–Crippen LogP) is 2.60. The van der Waals surface area contributed by atoms with Crippen LogP contribution in [0.4, 0.5) is 5.82 Å². The second-order valence-corrected chi connectivity index (χ2v) is 9.96. The Morgan fingerprint density at radius 3 is 2.64 bits per heavy atom. The maximum absolute atomic E-state index is 11.7. The van der Waals surface area contributed by atoms with Gasteiger partial charge in [-0.15, -0.1) is 11.3 Å². The van der Waals surface area contributed by atoms with Crippen LogP contribution in [-0.4, -0.2) is 48.0 Å². The number of aromatic nitrogens is 3. The highest BCUT2D eigenvalue weighted by molar-refractivity contribution is 7.91. The zero-order valence-corrected chi connectivity index (χ0v) is 15.9. The monoisotopic (exact) mass is 374 g/mol. The molecule has 3 aromatic rings. The van der Waals surface area contributed by atoms with Crippen molar-refractivity contribution in [2.45, 2.75) is 19.1 Å². The lowest BCUT2D eigenvalue weighted by molar-refractivity contribution is 0.545. The maximum Gasteiger partial charge on any atom is 0.164 e. The van der Waals surface area contributed by atoms with Crippen molar-refractivity contribution in [1.82, 2.24) is 15.0 Å². The lowest BCUT2D eigenvalue weighted by Crippen LogP contribution is -2.55. The number of anilines is 1. The molecule has 0 saturated carbocycles. The van der Waals surface area contributed by atoms with E-state index in [1.54, 1.807) is 23.7 Å². The Morgan fingerprint density at radius 1 is 1.24 bits per heavy atom. The number of fused-ring (bicyclic) bond motifs is 1. The molecule has 1 aliphatic heterocycles. The molecule has 1 fully saturated rings. The average Bonchev–Trinajstić information content (AvgIpc) is 2.80. The fourth-order valence-corrected chi connectivity index (χ4v) is 4.89. The molecule has 0 N–H and O–H groups in total. The smallest absolute Gasteiger partial charge is 0.164 e. The summed E-state index contributed by atoms with van der Waals surface area (Å²) in [5.74, 6) is 1.45. The molecule has 1 saturated heterocycles. The number of hydrogen-bond donors (Lipinski definition) is 0. The highest BCUT2D eigenvalue weighted by Crippen LogP contribution is 2.38. The summed E-state index contributed by atoms with van der Waals surface area (Å²) in [4.78, 5) is 17.8. The molecule has 6 nitrogen and oxygen atoms in total. The van der Waals surface area contributed by atoms with Crippen LogP contribution in [0.15, 0.2) is 24.5 Å². The SMILES string of the molecule is Cc1sc2nc(-c3cccnc3)nc(N3CC(S(C)(=O)=O)C3)c2c1C. The van der Waals surface area contributed by atoms with E-state index in [9.17, 15) is 8.42 Å². The van der Waals surface area contributed by atoms with Gasteiger partial charge in [-0.1, -0.05) is 0 Å². The van der Waals surface area contributed by atoms with Crippen molar-refractivity contribution in [2.24, 2.45) is 0 Å². The van der Waals surface area contributed by atoms with Crippen molar-refractivity contribution in [2.75, 3.05) is 24.2 Å². The second kappa shape index (κ2) is 5.74. The highest BCUT2D eigenvalue weighted by atomic mass is 32.2. The molecule has 1 aliphatic rings. The normalized spacial score (nSPS) is 15.6. The summed E-state index contributed by atoms with van der Waals surface area (Å²) in [6.45, 7) is 5.10. The van der Waals surface area contributed by atoms with Crippen LogP contribution >= 0.6 is 11.3 Å². The summed E-state index contributed by atoms with van der Waals surface area (Å²) in [6.07, 6.45) is 4.76. The van der Waals surface area contributed by atoms with Crippen molar-refractivity contribution in [3.8, 4) is 11.4 Å². The molecule has 0 radical (unpaired) electrons. The molecule has 0 amide bonds. The summed E-state index contributed by atoms with van der Waals surface area (Å²) in [5.41, 5.74) is 2.02. The largest absolute Gasteiger partial charge is 0.353 e. The molecule has 0 spiro atoms. The lowest BCUT2D eigenvalue weighted by atomic mass is 10.1. The third-order valence-corrected chi connectivity index (χ3v) is 7.29. The van der Waals surface area contributed by atoms with Crippen LogP contribution in [0.5, 0.6) is 0 Å². The van der Waals surface area contributed by atoms with E-state index in [4.69, 9.17) is 9.97 Å². The molecule has 130 valence electrons. The fraction of sp³-hybridized carbons (Fsp3) is 0.353. The van der Waals surface area contributed by atoms with Crippen LogP contribution < -0.4 is 4.90 Å². The molecule has 3 aromatic heterocycles. The van der Waals surface area contributed by atoms with Gasteiger partial charge in [0.15, 0.2) is 15.7 Å². The van der Waals surface area contributed by atoms with E-state index in [1.807, 2.05) is 17.0 Å². The van der Waals surface area contributed by atoms with Crippen molar-refractivity contribution < 1.29 is 8.42 Å². The summed E-state index contributed by atoms with van der Waals surface area (Å²) in [7, 11) is -3.02. The number of pyridine rings is 1. The molecule has 8 heteroatoms. The number of thiophene rings is 1. The van der Waals surface area contributed by atoms with Crippen molar-refractivity contribution >= 4 is 37.2 Å². The van der Waals surface area contributed by atoms with E-state index >= 15 is 0 Å². The molecule has 25 heavy (non-hydrogen) atoms. The number of sulfone groups is 1. The maximum atomic E-state index is 11.7. The molecule has 0 bridgehead atoms. The Kier molecular flexibility index (Phi) is 3.77. The van der Waals surface area contributed by atoms with E-state index in [1.165, 1.54) is 11.1 Å². The van der Waals surface area contributed by atoms with Crippen LogP contribution in [0.1, 0.15) is 10.4 Å². The Balaban J connectivity index is 1.84. The van der Waals surface area contributed by atoms with Crippen LogP contribution in [0.3, 0.4) is 0 Å². The predicted molar refractivity (Wildman–Crippen MR) is 101 cm³/mol. The minimum absolute atomic E-state index is 0.320. The first kappa shape index (κ1) is 16.4. The van der Waals surface area contributed by atoms with Gasteiger partial charge >= 0.3 is 0 Å². The van der Waals surface area contributed by atoms with Crippen molar-refractivity contribution in [3.05, 3.63) is 35.0 Å². The van der Waals surface area contributed by atoms with Crippen LogP contribution in [0.2, 0.25) is 0 Å². The fourth-order valence-electron chi connectivity index (χ4n) is 2.96. The first-order valence-electron chi connectivity index (χ1n) is 7.96. The van der Waals surface area contributed by atoms with E-state index in [2.05, 4.69) is 18.8 Å². The topological polar surface area (TPSA) is 76.1 Å². The van der Waals surface area contributed by atoms with Gasteiger partial charge in [-0.25, -0.2) is 18.4 Å². The van der Waals surface area contributed by atoms with Gasteiger partial charge in [0.25, 0.3) is 0 Å². The first-order valence-corrected chi connectivity index (χ1v) is 10.7. The molecule has 0 aromatic carbocycles. The average molecular weight is 374 g/mol. The molecular weight excluding hydrogens is 356 g/mol. The van der Waals surface area contributed by atoms with Gasteiger partial charge in [0, 0.05) is 42.2 Å². The van der Waals surface area contributed by atoms with Crippen LogP contribution in [-0.2, 0) is 9.84 Å². The third-order valence-electron chi connectivity index (χ3n) is 4.68. The van der Waals surface area contributed by atoms with Crippen molar-refractivity contribution in [1.29, 1.82) is 0 Å². The molecule has 0 unspecified atom stereocenters. The molecule has 0 aliphatic carbocycles. The van der Waals surface area contributed by atoms with Crippen LogP contribution in [0.25, 0.3) is 21.6 Å². The standard InChI is InChI=1S/C17H18N4O2S2/c1-10-11(2)24-17-14(10)16(21-8-13(9-21)25(3,22)23)19-15(20-17)12-5-4-6-18-7-12/h4-7,13H,8-9H2,1-3H3. The Bertz CT molecular complexity index is 1060. The van der Waals surface area contributed by atoms with Gasteiger partial charge in [0.2, 0.25) is 0 Å². The van der Waals surface area contributed by atoms with Gasteiger partial charge in [0.1, 0.15) is 10.6 Å². The lowest BCUT2D eigenvalue weighted by Gasteiger charge is -2.39. The van der Waals surface area contributed by atoms with E-state index < -0.39 is 9.84 Å². The summed E-state index contributed by atoms with van der Waals surface area (Å²) in [5, 5.41) is 0.710. The third kappa shape index (κ3) is 2.79. The Hall–Kier alpha value is -2.06. The molecule has 4 heterocycles. The molecule has 0 atom stereocenters. The number of aryl methyl sites for hydroxylation is 2. The quantitative estimate of drug-likeness (QED) is 0.701. The van der Waals surface area contributed by atoms with Gasteiger partial charge in [-0.05, 0) is 31.5 Å². The van der Waals surface area contributed by atoms with E-state index in [0.29, 0.717) is 18.9 Å². The van der Waals surface area contributed by atoms with Gasteiger partial charge in [-0.3, -0.25) is 4.98 Å². The van der Waals surface area contributed by atoms with Gasteiger partial charge in [-0.2, -0.15) is 0 Å².